The Morgan fingerprint density at radius 1 is 1.24 bits per heavy atom. The first kappa shape index (κ1) is 15.9. The molecule has 2 N–H and O–H groups in total. The Kier molecular flexibility index (Phi) is 5.70. The highest BCUT2D eigenvalue weighted by molar-refractivity contribution is 7.80. The second-order valence-electron chi connectivity index (χ2n) is 5.40. The number of hydrogen-bond donors (Lipinski definition) is 1. The normalized spacial score (nSPS) is 17.5. The molecule has 1 aliphatic rings. The zero-order valence-corrected chi connectivity index (χ0v) is 13.3. The number of nitrogens with zero attached hydrogens (tertiary/aromatic N) is 2. The first-order valence-corrected chi connectivity index (χ1v) is 7.92. The molecule has 1 aromatic rings. The van der Waals surface area contributed by atoms with E-state index in [4.69, 9.17) is 18.0 Å². The van der Waals surface area contributed by atoms with E-state index in [2.05, 4.69) is 11.8 Å². The fraction of sp³-hybridized carbons (Fsp3) is 0.500. The molecule has 0 spiro atoms. The van der Waals surface area contributed by atoms with Gasteiger partial charge in [-0.15, -0.1) is 0 Å². The third-order valence-corrected chi connectivity index (χ3v) is 4.23. The minimum absolute atomic E-state index is 0.109. The molecule has 0 saturated carbocycles. The van der Waals surface area contributed by atoms with Crippen molar-refractivity contribution in [1.82, 2.24) is 9.80 Å². The number of carbonyl (C=O) groups excluding carboxylic acids is 1. The van der Waals surface area contributed by atoms with Crippen LogP contribution in [0.2, 0.25) is 0 Å². The van der Waals surface area contributed by atoms with Crippen molar-refractivity contribution < 1.29 is 4.79 Å². The third-order valence-electron chi connectivity index (χ3n) is 3.95. The van der Waals surface area contributed by atoms with Gasteiger partial charge in [-0.2, -0.15) is 0 Å². The molecule has 1 heterocycles. The Balaban J connectivity index is 1.94. The molecule has 2 rings (SSSR count). The van der Waals surface area contributed by atoms with E-state index >= 15 is 0 Å². The average molecular weight is 305 g/mol. The van der Waals surface area contributed by atoms with E-state index in [1.807, 2.05) is 35.2 Å². The van der Waals surface area contributed by atoms with Crippen molar-refractivity contribution in [3.05, 3.63) is 35.9 Å². The van der Waals surface area contributed by atoms with Gasteiger partial charge in [0.05, 0.1) is 11.0 Å². The fourth-order valence-corrected chi connectivity index (χ4v) is 3.05. The van der Waals surface area contributed by atoms with Crippen molar-refractivity contribution in [1.29, 1.82) is 0 Å². The van der Waals surface area contributed by atoms with Crippen molar-refractivity contribution in [2.45, 2.75) is 25.8 Å². The van der Waals surface area contributed by atoms with Gasteiger partial charge in [-0.05, 0) is 18.6 Å². The largest absolute Gasteiger partial charge is 0.392 e. The molecule has 1 fully saturated rings. The molecule has 21 heavy (non-hydrogen) atoms. The monoisotopic (exact) mass is 305 g/mol. The van der Waals surface area contributed by atoms with Gasteiger partial charge in [-0.1, -0.05) is 43.8 Å². The molecule has 5 heteroatoms. The van der Waals surface area contributed by atoms with Gasteiger partial charge in [-0.3, -0.25) is 9.69 Å². The van der Waals surface area contributed by atoms with E-state index in [1.54, 1.807) is 0 Å². The number of piperazine rings is 1. The zero-order valence-electron chi connectivity index (χ0n) is 12.5. The van der Waals surface area contributed by atoms with Gasteiger partial charge in [0.15, 0.2) is 0 Å². The minimum Gasteiger partial charge on any atom is -0.392 e. The molecule has 1 aromatic carbocycles. The molecule has 1 atom stereocenters. The van der Waals surface area contributed by atoms with Crippen LogP contribution < -0.4 is 5.73 Å². The van der Waals surface area contributed by atoms with Crippen LogP contribution in [0, 0.1) is 0 Å². The van der Waals surface area contributed by atoms with Crippen molar-refractivity contribution in [3.8, 4) is 0 Å². The summed E-state index contributed by atoms with van der Waals surface area (Å²) in [7, 11) is 0. The van der Waals surface area contributed by atoms with Crippen molar-refractivity contribution in [3.63, 3.8) is 0 Å². The van der Waals surface area contributed by atoms with Crippen LogP contribution in [0.5, 0.6) is 0 Å². The van der Waals surface area contributed by atoms with Crippen LogP contribution >= 0.6 is 12.2 Å². The molecule has 0 radical (unpaired) electrons. The highest BCUT2D eigenvalue weighted by Crippen LogP contribution is 2.14. The number of nitrogens with two attached hydrogens (primary N) is 1. The smallest absolute Gasteiger partial charge is 0.253 e. The number of hydrogen-bond acceptors (Lipinski definition) is 3. The zero-order chi connectivity index (χ0) is 15.2. The lowest BCUT2D eigenvalue weighted by atomic mass is 10.1. The van der Waals surface area contributed by atoms with Gasteiger partial charge >= 0.3 is 0 Å². The Labute approximate surface area is 131 Å². The molecule has 1 amide bonds. The van der Waals surface area contributed by atoms with Gasteiger partial charge in [0, 0.05) is 31.7 Å². The molecule has 0 aromatic heterocycles. The van der Waals surface area contributed by atoms with Crippen molar-refractivity contribution in [2.24, 2.45) is 5.73 Å². The summed E-state index contributed by atoms with van der Waals surface area (Å²) in [4.78, 5) is 17.2. The molecule has 1 aliphatic heterocycles. The van der Waals surface area contributed by atoms with Crippen LogP contribution in [0.25, 0.3) is 0 Å². The number of carbonyl (C=O) groups is 1. The fourth-order valence-electron chi connectivity index (χ4n) is 2.78. The first-order chi connectivity index (χ1) is 10.1. The average Bonchev–Trinajstić information content (AvgIpc) is 2.53. The van der Waals surface area contributed by atoms with Gasteiger partial charge in [0.1, 0.15) is 0 Å². The van der Waals surface area contributed by atoms with E-state index < -0.39 is 0 Å². The summed E-state index contributed by atoms with van der Waals surface area (Å²) >= 11 is 5.18. The SMILES string of the molecule is CCCC(C(N)=S)N1CCN(C(=O)c2ccccc2)CC1. The van der Waals surface area contributed by atoms with Gasteiger partial charge < -0.3 is 10.6 Å². The number of rotatable bonds is 5. The Bertz CT molecular complexity index is 484. The summed E-state index contributed by atoms with van der Waals surface area (Å²) in [6.07, 6.45) is 2.05. The summed E-state index contributed by atoms with van der Waals surface area (Å²) in [5.41, 5.74) is 6.60. The first-order valence-electron chi connectivity index (χ1n) is 7.51. The summed E-state index contributed by atoms with van der Waals surface area (Å²) < 4.78 is 0. The highest BCUT2D eigenvalue weighted by atomic mass is 32.1. The molecule has 4 nitrogen and oxygen atoms in total. The van der Waals surface area contributed by atoms with E-state index in [0.717, 1.165) is 44.6 Å². The lowest BCUT2D eigenvalue weighted by Gasteiger charge is -2.39. The van der Waals surface area contributed by atoms with Crippen LogP contribution in [-0.4, -0.2) is 52.9 Å². The summed E-state index contributed by atoms with van der Waals surface area (Å²) in [5.74, 6) is 0.109. The molecule has 1 unspecified atom stereocenters. The van der Waals surface area contributed by atoms with Crippen LogP contribution in [0.15, 0.2) is 30.3 Å². The molecule has 0 bridgehead atoms. The van der Waals surface area contributed by atoms with E-state index in [1.165, 1.54) is 0 Å². The highest BCUT2D eigenvalue weighted by Gasteiger charge is 2.27. The predicted octanol–water partition coefficient (Wildman–Crippen LogP) is 1.90. The topological polar surface area (TPSA) is 49.6 Å². The van der Waals surface area contributed by atoms with E-state index in [-0.39, 0.29) is 11.9 Å². The van der Waals surface area contributed by atoms with Crippen molar-refractivity contribution >= 4 is 23.1 Å². The Morgan fingerprint density at radius 2 is 1.86 bits per heavy atom. The van der Waals surface area contributed by atoms with Gasteiger partial charge in [0.2, 0.25) is 0 Å². The molecular formula is C16H23N3OS. The molecule has 0 aliphatic carbocycles. The predicted molar refractivity (Wildman–Crippen MR) is 89.4 cm³/mol. The number of amides is 1. The lowest BCUT2D eigenvalue weighted by molar-refractivity contribution is 0.0609. The molecule has 1 saturated heterocycles. The maximum atomic E-state index is 12.4. The summed E-state index contributed by atoms with van der Waals surface area (Å²) in [5, 5.41) is 0. The number of benzene rings is 1. The van der Waals surface area contributed by atoms with E-state index in [9.17, 15) is 4.79 Å². The number of thiocarbonyl (C=S) groups is 1. The second kappa shape index (κ2) is 7.52. The minimum atomic E-state index is 0.109. The maximum absolute atomic E-state index is 12.4. The van der Waals surface area contributed by atoms with Crippen LogP contribution in [0.3, 0.4) is 0 Å². The van der Waals surface area contributed by atoms with Gasteiger partial charge in [0.25, 0.3) is 5.91 Å². The standard InChI is InChI=1S/C16H23N3OS/c1-2-6-14(15(17)21)18-9-11-19(12-10-18)16(20)13-7-4-3-5-8-13/h3-5,7-8,14H,2,6,9-12H2,1H3,(H2,17,21). The van der Waals surface area contributed by atoms with Gasteiger partial charge in [-0.25, -0.2) is 0 Å². The van der Waals surface area contributed by atoms with Crippen LogP contribution in [0.1, 0.15) is 30.1 Å². The summed E-state index contributed by atoms with van der Waals surface area (Å²) in [6, 6.07) is 9.61. The van der Waals surface area contributed by atoms with Crippen LogP contribution in [-0.2, 0) is 0 Å². The van der Waals surface area contributed by atoms with Crippen LogP contribution in [0.4, 0.5) is 0 Å². The summed E-state index contributed by atoms with van der Waals surface area (Å²) in [6.45, 7) is 5.27. The Morgan fingerprint density at radius 3 is 2.38 bits per heavy atom. The molecular weight excluding hydrogens is 282 g/mol. The maximum Gasteiger partial charge on any atom is 0.253 e. The lowest BCUT2D eigenvalue weighted by Crippen LogP contribution is -2.54. The Hall–Kier alpha value is -1.46. The van der Waals surface area contributed by atoms with E-state index in [0.29, 0.717) is 4.99 Å². The second-order valence-corrected chi connectivity index (χ2v) is 5.87. The quantitative estimate of drug-likeness (QED) is 0.844. The van der Waals surface area contributed by atoms with Crippen molar-refractivity contribution in [2.75, 3.05) is 26.2 Å². The molecule has 114 valence electrons. The third kappa shape index (κ3) is 4.02.